The SMILES string of the molecule is CC(C)c1cc(C(=N)N([C](=[In])c2cccc(O)c2)c2ccccc2)c(O)cc1O. The number of benzene rings is 3. The van der Waals surface area contributed by atoms with Gasteiger partial charge in [-0.15, -0.1) is 0 Å². The number of phenolic OH excluding ortho intramolecular Hbond substituents is 3. The maximum atomic E-state index is 10.5. The van der Waals surface area contributed by atoms with Gasteiger partial charge >= 0.3 is 185 Å². The Morgan fingerprint density at radius 2 is 1.59 bits per heavy atom. The van der Waals surface area contributed by atoms with E-state index >= 15 is 0 Å². The van der Waals surface area contributed by atoms with E-state index in [0.717, 1.165) is 14.6 Å². The molecule has 3 rings (SSSR count). The molecular weight excluding hydrogens is 467 g/mol. The number of para-hydroxylation sites is 1. The standard InChI is InChI=1S/C23H22N2O3.In/c1-15(2)19-12-20(22(28)13-21(19)27)23(24)25(17-8-4-3-5-9-17)14-16-7-6-10-18(26)11-16;/h3-13,15,24,26-28H,1-2H3;. The molecule has 0 aromatic heterocycles. The molecule has 0 atom stereocenters. The van der Waals surface area contributed by atoms with E-state index in [1.165, 1.54) is 6.07 Å². The van der Waals surface area contributed by atoms with Crippen LogP contribution in [0.1, 0.15) is 36.5 Å². The monoisotopic (exact) mass is 489 g/mol. The molecule has 0 fully saturated rings. The molecule has 0 saturated heterocycles. The Kier molecular flexibility index (Phi) is 6.33. The molecule has 0 aliphatic carbocycles. The van der Waals surface area contributed by atoms with Gasteiger partial charge in [0, 0.05) is 0 Å². The summed E-state index contributed by atoms with van der Waals surface area (Å²) in [4.78, 5) is 1.77. The quantitative estimate of drug-likeness (QED) is 0.321. The molecule has 0 aliphatic rings. The molecule has 0 spiro atoms. The van der Waals surface area contributed by atoms with Gasteiger partial charge in [0.15, 0.2) is 0 Å². The average Bonchev–Trinajstić information content (AvgIpc) is 2.68. The van der Waals surface area contributed by atoms with Crippen LogP contribution in [0.5, 0.6) is 17.2 Å². The summed E-state index contributed by atoms with van der Waals surface area (Å²) in [5.74, 6) is 0.159. The van der Waals surface area contributed by atoms with E-state index in [9.17, 15) is 15.3 Å². The van der Waals surface area contributed by atoms with Gasteiger partial charge in [-0.25, -0.2) is 0 Å². The zero-order valence-electron chi connectivity index (χ0n) is 16.3. The maximum absolute atomic E-state index is 10.5. The number of hydrogen-bond donors (Lipinski definition) is 4. The molecule has 0 unspecified atom stereocenters. The van der Waals surface area contributed by atoms with Crippen molar-refractivity contribution in [3.05, 3.63) is 83.4 Å². The van der Waals surface area contributed by atoms with Crippen molar-refractivity contribution in [2.45, 2.75) is 19.8 Å². The molecule has 0 aliphatic heterocycles. The first-order valence-corrected chi connectivity index (χ1v) is 10.9. The molecule has 5 nitrogen and oxygen atoms in total. The molecule has 3 aromatic rings. The second-order valence-electron chi connectivity index (χ2n) is 7.04. The second-order valence-corrected chi connectivity index (χ2v) is 8.60. The summed E-state index contributed by atoms with van der Waals surface area (Å²) in [7, 11) is 0. The van der Waals surface area contributed by atoms with Crippen molar-refractivity contribution in [2.75, 3.05) is 4.90 Å². The fourth-order valence-electron chi connectivity index (χ4n) is 3.13. The zero-order valence-corrected chi connectivity index (χ0v) is 19.6. The number of aromatic hydroxyl groups is 3. The van der Waals surface area contributed by atoms with Crippen LogP contribution in [-0.4, -0.2) is 48.4 Å². The topological polar surface area (TPSA) is 87.8 Å². The van der Waals surface area contributed by atoms with E-state index in [4.69, 9.17) is 5.41 Å². The summed E-state index contributed by atoms with van der Waals surface area (Å²) in [6.45, 7) is 3.90. The molecule has 0 saturated carbocycles. The average molecular weight is 489 g/mol. The van der Waals surface area contributed by atoms with Crippen LogP contribution < -0.4 is 4.90 Å². The fraction of sp³-hybridized carbons (Fsp3) is 0.130. The molecule has 4 N–H and O–H groups in total. The summed E-state index contributed by atoms with van der Waals surface area (Å²) in [5.41, 5.74) is 2.59. The van der Waals surface area contributed by atoms with Crippen LogP contribution in [0.15, 0.2) is 66.7 Å². The Labute approximate surface area is 184 Å². The van der Waals surface area contributed by atoms with Crippen molar-refractivity contribution in [2.24, 2.45) is 0 Å². The van der Waals surface area contributed by atoms with Crippen molar-refractivity contribution < 1.29 is 15.3 Å². The number of anilines is 1. The van der Waals surface area contributed by atoms with E-state index < -0.39 is 0 Å². The Morgan fingerprint density at radius 1 is 0.897 bits per heavy atom. The molecule has 6 heteroatoms. The van der Waals surface area contributed by atoms with Crippen molar-refractivity contribution in [1.29, 1.82) is 5.41 Å². The van der Waals surface area contributed by atoms with Crippen molar-refractivity contribution in [3.63, 3.8) is 0 Å². The predicted octanol–water partition coefficient (Wildman–Crippen LogP) is 4.11. The van der Waals surface area contributed by atoms with Gasteiger partial charge < -0.3 is 0 Å². The summed E-state index contributed by atoms with van der Waals surface area (Å²) < 4.78 is 0.848. The number of rotatable bonds is 5. The van der Waals surface area contributed by atoms with E-state index in [-0.39, 0.29) is 29.0 Å². The van der Waals surface area contributed by atoms with E-state index in [2.05, 4.69) is 0 Å². The van der Waals surface area contributed by atoms with E-state index in [0.29, 0.717) is 35.0 Å². The number of hydrogen-bond acceptors (Lipinski definition) is 4. The van der Waals surface area contributed by atoms with Gasteiger partial charge in [0.25, 0.3) is 0 Å². The van der Waals surface area contributed by atoms with Crippen LogP contribution in [0.3, 0.4) is 0 Å². The van der Waals surface area contributed by atoms with Gasteiger partial charge in [-0.1, -0.05) is 0 Å². The molecule has 0 bridgehead atoms. The number of nitrogens with one attached hydrogen (secondary N) is 1. The van der Waals surface area contributed by atoms with Crippen molar-refractivity contribution >= 4 is 38.8 Å². The van der Waals surface area contributed by atoms with Crippen LogP contribution in [0.4, 0.5) is 5.69 Å². The van der Waals surface area contributed by atoms with Gasteiger partial charge in [-0.3, -0.25) is 0 Å². The van der Waals surface area contributed by atoms with Gasteiger partial charge in [-0.05, 0) is 0 Å². The molecule has 145 valence electrons. The third-order valence-corrected chi connectivity index (χ3v) is 6.33. The molecular formula is C23H22InN2O3. The molecule has 0 amide bonds. The van der Waals surface area contributed by atoms with Gasteiger partial charge in [0.2, 0.25) is 0 Å². The Morgan fingerprint density at radius 3 is 2.21 bits per heavy atom. The van der Waals surface area contributed by atoms with Crippen molar-refractivity contribution in [1.82, 2.24) is 0 Å². The number of amidine groups is 1. The summed E-state index contributed by atoms with van der Waals surface area (Å²) in [6, 6.07) is 19.4. The second kappa shape index (κ2) is 8.74. The molecule has 3 aromatic carbocycles. The van der Waals surface area contributed by atoms with Crippen LogP contribution in [0, 0.1) is 5.41 Å². The first-order valence-electron chi connectivity index (χ1n) is 9.21. The van der Waals surface area contributed by atoms with Crippen LogP contribution in [0.2, 0.25) is 0 Å². The summed E-state index contributed by atoms with van der Waals surface area (Å²) in [6.07, 6.45) is 0. The molecule has 29 heavy (non-hydrogen) atoms. The van der Waals surface area contributed by atoms with Crippen LogP contribution in [0.25, 0.3) is 0 Å². The predicted molar refractivity (Wildman–Crippen MR) is 118 cm³/mol. The fourth-order valence-corrected chi connectivity index (χ4v) is 4.43. The Balaban J connectivity index is 2.14. The summed E-state index contributed by atoms with van der Waals surface area (Å²) in [5, 5.41) is 39.5. The number of phenols is 3. The first-order chi connectivity index (χ1) is 13.8. The third-order valence-electron chi connectivity index (χ3n) is 4.64. The summed E-state index contributed by atoms with van der Waals surface area (Å²) >= 11 is 0.673. The third kappa shape index (κ3) is 4.48. The minimum atomic E-state index is -0.151. The Hall–Kier alpha value is -2.73. The van der Waals surface area contributed by atoms with E-state index in [1.807, 2.05) is 50.2 Å². The van der Waals surface area contributed by atoms with Gasteiger partial charge in [0.05, 0.1) is 0 Å². The van der Waals surface area contributed by atoms with Gasteiger partial charge in [-0.2, -0.15) is 0 Å². The van der Waals surface area contributed by atoms with Crippen LogP contribution in [-0.2, 0) is 0 Å². The number of nitrogens with zero attached hydrogens (tertiary/aromatic N) is 1. The van der Waals surface area contributed by atoms with E-state index in [1.54, 1.807) is 29.2 Å². The molecule has 0 heterocycles. The van der Waals surface area contributed by atoms with Crippen molar-refractivity contribution in [3.8, 4) is 17.2 Å². The normalized spacial score (nSPS) is 10.7. The zero-order chi connectivity index (χ0) is 21.1. The van der Waals surface area contributed by atoms with Crippen LogP contribution >= 0.6 is 0 Å². The van der Waals surface area contributed by atoms with Gasteiger partial charge in [0.1, 0.15) is 0 Å². The Bertz CT molecular complexity index is 1060. The molecule has 1 radical (unpaired) electrons. The first kappa shape index (κ1) is 21.0. The minimum absolute atomic E-state index is 0.0165.